The van der Waals surface area contributed by atoms with E-state index in [-0.39, 0.29) is 18.6 Å². The van der Waals surface area contributed by atoms with Crippen molar-refractivity contribution in [2.45, 2.75) is 82.1 Å². The second kappa shape index (κ2) is 14.3. The average molecular weight is 471 g/mol. The Hall–Kier alpha value is -1.98. The number of amides is 2. The zero-order chi connectivity index (χ0) is 24.2. The molecular weight excluding hydrogens is 432 g/mol. The highest BCUT2D eigenvalue weighted by molar-refractivity contribution is 5.76. The average Bonchev–Trinajstić information content (AvgIpc) is 3.26. The van der Waals surface area contributed by atoms with Gasteiger partial charge in [-0.3, -0.25) is 9.59 Å². The summed E-state index contributed by atoms with van der Waals surface area (Å²) in [7, 11) is 0. The number of unbranched alkanes of at least 4 members (excludes halogenated alkanes) is 2. The van der Waals surface area contributed by atoms with Crippen LogP contribution in [0.15, 0.2) is 25.0 Å². The van der Waals surface area contributed by atoms with Crippen molar-refractivity contribution in [1.82, 2.24) is 10.2 Å². The van der Waals surface area contributed by atoms with Crippen LogP contribution in [-0.2, 0) is 23.8 Å². The number of aliphatic hydroxyl groups is 3. The van der Waals surface area contributed by atoms with E-state index in [4.69, 9.17) is 14.2 Å². The van der Waals surface area contributed by atoms with Gasteiger partial charge in [-0.2, -0.15) is 0 Å². The van der Waals surface area contributed by atoms with Gasteiger partial charge in [0.15, 0.2) is 6.29 Å². The van der Waals surface area contributed by atoms with Crippen molar-refractivity contribution in [3.63, 3.8) is 0 Å². The van der Waals surface area contributed by atoms with E-state index in [9.17, 15) is 24.9 Å². The van der Waals surface area contributed by atoms with Gasteiger partial charge in [-0.05, 0) is 31.8 Å². The molecular formula is C23H38N2O8. The molecule has 2 amide bonds. The van der Waals surface area contributed by atoms with Crippen molar-refractivity contribution in [2.75, 3.05) is 26.4 Å². The third kappa shape index (κ3) is 8.38. The molecule has 0 aromatic rings. The number of nitrogens with one attached hydrogen (secondary N) is 1. The highest BCUT2D eigenvalue weighted by Crippen LogP contribution is 2.23. The quantitative estimate of drug-likeness (QED) is 0.170. The van der Waals surface area contributed by atoms with Gasteiger partial charge in [0.1, 0.15) is 31.0 Å². The smallest absolute Gasteiger partial charge is 0.222 e. The minimum Gasteiger partial charge on any atom is -0.499 e. The number of allylic oxidation sites excluding steroid dienone is 2. The summed E-state index contributed by atoms with van der Waals surface area (Å²) < 4.78 is 16.7. The number of rotatable bonds is 13. The van der Waals surface area contributed by atoms with Crippen LogP contribution < -0.4 is 5.32 Å². The molecule has 2 rings (SSSR count). The molecule has 2 saturated heterocycles. The second-order valence-electron chi connectivity index (χ2n) is 8.40. The van der Waals surface area contributed by atoms with Crippen molar-refractivity contribution < 1.29 is 39.1 Å². The van der Waals surface area contributed by atoms with Crippen LogP contribution in [0.4, 0.5) is 0 Å². The standard InChI is InChI=1S/C23H38N2O8/c1-3-4-12-31-15-17-9-8-11-25(17)19(28)10-6-5-7-13-32-23-20(24-16(2)27)22(30)21(29)18(14-26)33-23/h3-4,12,17-18,20-23,26,29-30H,1,5-11,13-15H2,2H3,(H,24,27)/t17-,18?,20?,21?,22?,23?/m0/s1. The van der Waals surface area contributed by atoms with Crippen molar-refractivity contribution in [3.05, 3.63) is 25.0 Å². The summed E-state index contributed by atoms with van der Waals surface area (Å²) >= 11 is 0. The first-order valence-corrected chi connectivity index (χ1v) is 11.6. The van der Waals surface area contributed by atoms with E-state index in [1.54, 1.807) is 18.4 Å². The van der Waals surface area contributed by atoms with Crippen LogP contribution in [0.25, 0.3) is 0 Å². The lowest BCUT2D eigenvalue weighted by Crippen LogP contribution is -2.64. The predicted octanol–water partition coefficient (Wildman–Crippen LogP) is 0.214. The van der Waals surface area contributed by atoms with Gasteiger partial charge >= 0.3 is 0 Å². The molecule has 5 unspecified atom stereocenters. The van der Waals surface area contributed by atoms with Gasteiger partial charge in [0.05, 0.1) is 18.9 Å². The van der Waals surface area contributed by atoms with Crippen LogP contribution in [0.2, 0.25) is 0 Å². The van der Waals surface area contributed by atoms with Crippen LogP contribution in [0.1, 0.15) is 45.4 Å². The molecule has 2 aliphatic heterocycles. The molecule has 0 aliphatic carbocycles. The van der Waals surface area contributed by atoms with Gasteiger partial charge < -0.3 is 39.7 Å². The molecule has 0 aromatic carbocycles. The molecule has 0 bridgehead atoms. The Labute approximate surface area is 195 Å². The number of aliphatic hydroxyl groups excluding tert-OH is 3. The Bertz CT molecular complexity index is 658. The fraction of sp³-hybridized carbons (Fsp3) is 0.739. The number of carbonyl (C=O) groups excluding carboxylic acids is 2. The van der Waals surface area contributed by atoms with Crippen molar-refractivity contribution in [1.29, 1.82) is 0 Å². The molecule has 188 valence electrons. The second-order valence-corrected chi connectivity index (χ2v) is 8.40. The van der Waals surface area contributed by atoms with Gasteiger partial charge in [0.2, 0.25) is 11.8 Å². The van der Waals surface area contributed by atoms with E-state index >= 15 is 0 Å². The maximum atomic E-state index is 12.6. The normalized spacial score (nSPS) is 29.9. The summed E-state index contributed by atoms with van der Waals surface area (Å²) in [5.74, 6) is -0.272. The third-order valence-electron chi connectivity index (χ3n) is 5.86. The van der Waals surface area contributed by atoms with E-state index in [0.717, 1.165) is 25.8 Å². The fourth-order valence-corrected chi connectivity index (χ4v) is 4.13. The maximum Gasteiger partial charge on any atom is 0.222 e. The molecule has 4 N–H and O–H groups in total. The summed E-state index contributed by atoms with van der Waals surface area (Å²) in [5, 5.41) is 32.2. The Morgan fingerprint density at radius 1 is 1.24 bits per heavy atom. The Morgan fingerprint density at radius 3 is 2.73 bits per heavy atom. The topological polar surface area (TPSA) is 138 Å². The number of hydrogen-bond donors (Lipinski definition) is 4. The summed E-state index contributed by atoms with van der Waals surface area (Å²) in [6.45, 7) is 5.91. The highest BCUT2D eigenvalue weighted by Gasteiger charge is 2.45. The van der Waals surface area contributed by atoms with Gasteiger partial charge in [0.25, 0.3) is 0 Å². The van der Waals surface area contributed by atoms with Crippen LogP contribution in [0.5, 0.6) is 0 Å². The predicted molar refractivity (Wildman–Crippen MR) is 120 cm³/mol. The van der Waals surface area contributed by atoms with Crippen molar-refractivity contribution >= 4 is 11.8 Å². The summed E-state index contributed by atoms with van der Waals surface area (Å²) in [6, 6.07) is -0.844. The lowest BCUT2D eigenvalue weighted by molar-refractivity contribution is -0.270. The van der Waals surface area contributed by atoms with Gasteiger partial charge in [-0.15, -0.1) is 0 Å². The molecule has 0 aromatic heterocycles. The zero-order valence-corrected chi connectivity index (χ0v) is 19.3. The fourth-order valence-electron chi connectivity index (χ4n) is 4.13. The van der Waals surface area contributed by atoms with Crippen LogP contribution >= 0.6 is 0 Å². The van der Waals surface area contributed by atoms with Crippen molar-refractivity contribution in [2.24, 2.45) is 0 Å². The molecule has 6 atom stereocenters. The van der Waals surface area contributed by atoms with Crippen LogP contribution in [-0.4, -0.2) is 95.1 Å². The first-order chi connectivity index (χ1) is 15.9. The van der Waals surface area contributed by atoms with Gasteiger partial charge in [0, 0.05) is 26.5 Å². The number of carbonyl (C=O) groups is 2. The van der Waals surface area contributed by atoms with E-state index in [1.165, 1.54) is 6.92 Å². The molecule has 2 fully saturated rings. The van der Waals surface area contributed by atoms with Crippen LogP contribution in [0.3, 0.4) is 0 Å². The Balaban J connectivity index is 1.70. The lowest BCUT2D eigenvalue weighted by atomic mass is 9.97. The number of hydrogen-bond acceptors (Lipinski definition) is 8. The van der Waals surface area contributed by atoms with E-state index < -0.39 is 43.2 Å². The summed E-state index contributed by atoms with van der Waals surface area (Å²) in [5.41, 5.74) is 0. The number of nitrogens with zero attached hydrogens (tertiary/aromatic N) is 1. The maximum absolute atomic E-state index is 12.6. The van der Waals surface area contributed by atoms with E-state index in [0.29, 0.717) is 25.9 Å². The highest BCUT2D eigenvalue weighted by atomic mass is 16.7. The molecule has 33 heavy (non-hydrogen) atoms. The largest absolute Gasteiger partial charge is 0.499 e. The minimum absolute atomic E-state index is 0.103. The van der Waals surface area contributed by atoms with Gasteiger partial charge in [-0.25, -0.2) is 0 Å². The molecule has 10 nitrogen and oxygen atoms in total. The zero-order valence-electron chi connectivity index (χ0n) is 19.3. The summed E-state index contributed by atoms with van der Waals surface area (Å²) in [6.07, 6.45) is 4.77. The first-order valence-electron chi connectivity index (χ1n) is 11.6. The lowest BCUT2D eigenvalue weighted by Gasteiger charge is -2.42. The monoisotopic (exact) mass is 470 g/mol. The minimum atomic E-state index is -1.34. The summed E-state index contributed by atoms with van der Waals surface area (Å²) in [4.78, 5) is 25.9. The SMILES string of the molecule is C=CC=COC[C@@H]1CCCN1C(=O)CCCCCOC1OC(CO)C(O)C(O)C1NC(C)=O. The Morgan fingerprint density at radius 2 is 2.03 bits per heavy atom. The molecule has 0 spiro atoms. The molecule has 0 saturated carbocycles. The third-order valence-corrected chi connectivity index (χ3v) is 5.86. The Kier molecular flexibility index (Phi) is 11.8. The molecule has 2 heterocycles. The number of ether oxygens (including phenoxy) is 3. The molecule has 2 aliphatic rings. The molecule has 0 radical (unpaired) electrons. The van der Waals surface area contributed by atoms with E-state index in [2.05, 4.69) is 11.9 Å². The van der Waals surface area contributed by atoms with Crippen molar-refractivity contribution in [3.8, 4) is 0 Å². The first kappa shape index (κ1) is 27.3. The number of likely N-dealkylation sites (tertiary alicyclic amines) is 1. The van der Waals surface area contributed by atoms with E-state index in [1.807, 2.05) is 4.90 Å². The van der Waals surface area contributed by atoms with Crippen LogP contribution in [0, 0.1) is 0 Å². The molecule has 10 heteroatoms. The van der Waals surface area contributed by atoms with Gasteiger partial charge in [-0.1, -0.05) is 19.1 Å².